The molecule has 0 bridgehead atoms. The molecule has 4 heteroatoms. The fraction of sp³-hybridized carbons (Fsp3) is 0.250. The average Bonchev–Trinajstić information content (AvgIpc) is 2.01. The largest absolute Gasteiger partial charge is 0.387 e. The van der Waals surface area contributed by atoms with Crippen LogP contribution in [0.2, 0.25) is 0 Å². The van der Waals surface area contributed by atoms with Crippen molar-refractivity contribution >= 4 is 43.5 Å². The second-order valence-electron chi connectivity index (χ2n) is 2.37. The number of alkyl halides is 1. The molecule has 0 saturated heterocycles. The third kappa shape index (κ3) is 2.73. The van der Waals surface area contributed by atoms with Gasteiger partial charge in [0.2, 0.25) is 0 Å². The third-order valence-electron chi connectivity index (χ3n) is 1.42. The van der Waals surface area contributed by atoms with E-state index in [1.54, 1.807) is 0 Å². The number of aliphatic hydroxyl groups is 1. The molecule has 12 heavy (non-hydrogen) atoms. The lowest BCUT2D eigenvalue weighted by molar-refractivity contribution is 0.202. The molecule has 0 heterocycles. The van der Waals surface area contributed by atoms with Gasteiger partial charge in [0.1, 0.15) is 0 Å². The van der Waals surface area contributed by atoms with E-state index in [-0.39, 0.29) is 5.88 Å². The van der Waals surface area contributed by atoms with Gasteiger partial charge in [-0.3, -0.25) is 0 Å². The first-order chi connectivity index (χ1) is 5.63. The maximum absolute atomic E-state index is 9.40. The summed E-state index contributed by atoms with van der Waals surface area (Å²) in [5.41, 5.74) is 0.811. The Hall–Kier alpha value is 0.430. The van der Waals surface area contributed by atoms with Crippen LogP contribution in [0.3, 0.4) is 0 Å². The van der Waals surface area contributed by atoms with E-state index in [9.17, 15) is 5.11 Å². The number of hydrogen-bond acceptors (Lipinski definition) is 1. The van der Waals surface area contributed by atoms with E-state index in [4.69, 9.17) is 11.6 Å². The van der Waals surface area contributed by atoms with Crippen LogP contribution in [0.4, 0.5) is 0 Å². The van der Waals surface area contributed by atoms with E-state index < -0.39 is 6.10 Å². The first kappa shape index (κ1) is 10.5. The molecular weight excluding hydrogens is 307 g/mol. The molecule has 1 aromatic carbocycles. The van der Waals surface area contributed by atoms with Gasteiger partial charge in [-0.15, -0.1) is 11.6 Å². The first-order valence-corrected chi connectivity index (χ1v) is 5.45. The molecule has 0 aliphatic heterocycles. The maximum Gasteiger partial charge on any atom is 0.0926 e. The summed E-state index contributed by atoms with van der Waals surface area (Å²) in [4.78, 5) is 0. The summed E-state index contributed by atoms with van der Waals surface area (Å²) in [6.45, 7) is 0. The highest BCUT2D eigenvalue weighted by Gasteiger charge is 2.06. The molecule has 0 fully saturated rings. The molecule has 0 aliphatic carbocycles. The third-order valence-corrected chi connectivity index (χ3v) is 2.62. The van der Waals surface area contributed by atoms with Crippen molar-refractivity contribution in [2.75, 3.05) is 5.88 Å². The van der Waals surface area contributed by atoms with Gasteiger partial charge >= 0.3 is 0 Å². The molecule has 1 nitrogen and oxygen atoms in total. The highest BCUT2D eigenvalue weighted by molar-refractivity contribution is 9.11. The van der Waals surface area contributed by atoms with Crippen molar-refractivity contribution in [1.82, 2.24) is 0 Å². The van der Waals surface area contributed by atoms with E-state index in [0.29, 0.717) is 0 Å². The Balaban J connectivity index is 3.00. The molecule has 1 aromatic rings. The lowest BCUT2D eigenvalue weighted by atomic mass is 10.1. The van der Waals surface area contributed by atoms with Crippen LogP contribution in [0.1, 0.15) is 11.7 Å². The Bertz CT molecular complexity index is 258. The van der Waals surface area contributed by atoms with E-state index in [2.05, 4.69) is 31.9 Å². The highest BCUT2D eigenvalue weighted by Crippen LogP contribution is 2.24. The van der Waals surface area contributed by atoms with Gasteiger partial charge < -0.3 is 5.11 Å². The van der Waals surface area contributed by atoms with Crippen LogP contribution in [0.25, 0.3) is 0 Å². The Morgan fingerprint density at radius 3 is 2.17 bits per heavy atom. The molecule has 0 saturated carbocycles. The van der Waals surface area contributed by atoms with Crippen molar-refractivity contribution in [1.29, 1.82) is 0 Å². The molecule has 0 amide bonds. The fourth-order valence-corrected chi connectivity index (χ4v) is 2.36. The van der Waals surface area contributed by atoms with E-state index in [1.807, 2.05) is 18.2 Å². The Labute approximate surface area is 93.0 Å². The van der Waals surface area contributed by atoms with Gasteiger partial charge in [-0.1, -0.05) is 31.9 Å². The van der Waals surface area contributed by atoms with Crippen molar-refractivity contribution < 1.29 is 5.11 Å². The van der Waals surface area contributed by atoms with E-state index in [0.717, 1.165) is 14.5 Å². The number of aliphatic hydroxyl groups excluding tert-OH is 1. The van der Waals surface area contributed by atoms with Gasteiger partial charge in [0.25, 0.3) is 0 Å². The van der Waals surface area contributed by atoms with Crippen LogP contribution >= 0.6 is 43.5 Å². The molecule has 0 aliphatic rings. The molecule has 0 aromatic heterocycles. The van der Waals surface area contributed by atoms with Crippen molar-refractivity contribution in [3.8, 4) is 0 Å². The van der Waals surface area contributed by atoms with Crippen LogP contribution in [-0.2, 0) is 0 Å². The second kappa shape index (κ2) is 4.61. The minimum atomic E-state index is -0.597. The number of hydrogen-bond donors (Lipinski definition) is 1. The van der Waals surface area contributed by atoms with Crippen molar-refractivity contribution in [2.45, 2.75) is 6.10 Å². The average molecular weight is 314 g/mol. The molecular formula is C8H7Br2ClO. The normalized spacial score (nSPS) is 13.0. The number of rotatable bonds is 2. The minimum absolute atomic E-state index is 0.211. The number of halogens is 3. The molecule has 0 radical (unpaired) electrons. The minimum Gasteiger partial charge on any atom is -0.387 e. The lowest BCUT2D eigenvalue weighted by Gasteiger charge is -2.07. The first-order valence-electron chi connectivity index (χ1n) is 3.33. The standard InChI is InChI=1S/C8H7Br2ClO/c9-6-1-5(8(12)4-11)2-7(10)3-6/h1-3,8,12H,4H2/t8-/m1/s1. The summed E-state index contributed by atoms with van der Waals surface area (Å²) in [5, 5.41) is 9.40. The molecule has 1 atom stereocenters. The van der Waals surface area contributed by atoms with Crippen LogP contribution in [0.15, 0.2) is 27.1 Å². The topological polar surface area (TPSA) is 20.2 Å². The summed E-state index contributed by atoms with van der Waals surface area (Å²) in [5.74, 6) is 0.211. The molecule has 66 valence electrons. The van der Waals surface area contributed by atoms with Gasteiger partial charge in [0, 0.05) is 8.95 Å². The van der Waals surface area contributed by atoms with Crippen LogP contribution in [0.5, 0.6) is 0 Å². The zero-order valence-electron chi connectivity index (χ0n) is 6.10. The summed E-state index contributed by atoms with van der Waals surface area (Å²) >= 11 is 12.2. The van der Waals surface area contributed by atoms with Crippen LogP contribution in [0, 0.1) is 0 Å². The van der Waals surface area contributed by atoms with Crippen molar-refractivity contribution in [2.24, 2.45) is 0 Å². The smallest absolute Gasteiger partial charge is 0.0926 e. The van der Waals surface area contributed by atoms with Gasteiger partial charge in [-0.05, 0) is 23.8 Å². The Morgan fingerprint density at radius 2 is 1.75 bits per heavy atom. The van der Waals surface area contributed by atoms with E-state index in [1.165, 1.54) is 0 Å². The Morgan fingerprint density at radius 1 is 1.25 bits per heavy atom. The predicted molar refractivity (Wildman–Crippen MR) is 57.5 cm³/mol. The SMILES string of the molecule is O[C@H](CCl)c1cc(Br)cc(Br)c1. The van der Waals surface area contributed by atoms with Gasteiger partial charge in [-0.2, -0.15) is 0 Å². The second-order valence-corrected chi connectivity index (χ2v) is 4.51. The summed E-state index contributed by atoms with van der Waals surface area (Å²) in [7, 11) is 0. The summed E-state index contributed by atoms with van der Waals surface area (Å²) in [6, 6.07) is 5.60. The zero-order valence-corrected chi connectivity index (χ0v) is 10.0. The maximum atomic E-state index is 9.40. The number of benzene rings is 1. The molecule has 1 N–H and O–H groups in total. The van der Waals surface area contributed by atoms with Gasteiger partial charge in [0.15, 0.2) is 0 Å². The predicted octanol–water partition coefficient (Wildman–Crippen LogP) is 3.48. The van der Waals surface area contributed by atoms with Crippen molar-refractivity contribution in [3.63, 3.8) is 0 Å². The van der Waals surface area contributed by atoms with Gasteiger partial charge in [-0.25, -0.2) is 0 Å². The van der Waals surface area contributed by atoms with Crippen LogP contribution in [-0.4, -0.2) is 11.0 Å². The summed E-state index contributed by atoms with van der Waals surface area (Å²) < 4.78 is 1.85. The molecule has 0 spiro atoms. The molecule has 0 unspecified atom stereocenters. The molecule has 1 rings (SSSR count). The Kier molecular flexibility index (Phi) is 4.03. The quantitative estimate of drug-likeness (QED) is 0.829. The summed E-state index contributed by atoms with van der Waals surface area (Å²) in [6.07, 6.45) is -0.597. The van der Waals surface area contributed by atoms with Gasteiger partial charge in [0.05, 0.1) is 12.0 Å². The highest BCUT2D eigenvalue weighted by atomic mass is 79.9. The van der Waals surface area contributed by atoms with Crippen molar-refractivity contribution in [3.05, 3.63) is 32.7 Å². The monoisotopic (exact) mass is 312 g/mol. The van der Waals surface area contributed by atoms with E-state index >= 15 is 0 Å². The fourth-order valence-electron chi connectivity index (χ4n) is 0.857. The lowest BCUT2D eigenvalue weighted by Crippen LogP contribution is -1.98. The zero-order chi connectivity index (χ0) is 9.14. The van der Waals surface area contributed by atoms with Crippen LogP contribution < -0.4 is 0 Å².